The zero-order valence-electron chi connectivity index (χ0n) is 13.2. The van der Waals surface area contributed by atoms with Crippen molar-refractivity contribution in [2.45, 2.75) is 19.3 Å². The van der Waals surface area contributed by atoms with Gasteiger partial charge in [0, 0.05) is 0 Å². The molecule has 7 heteroatoms. The molecule has 1 amide bonds. The highest BCUT2D eigenvalue weighted by atomic mass is 32.1. The van der Waals surface area contributed by atoms with Crippen molar-refractivity contribution in [3.05, 3.63) is 18.2 Å². The van der Waals surface area contributed by atoms with E-state index >= 15 is 0 Å². The summed E-state index contributed by atoms with van der Waals surface area (Å²) in [6, 6.07) is 5.54. The maximum absolute atomic E-state index is 12.7. The second-order valence-corrected chi connectivity index (χ2v) is 7.60. The molecule has 2 N–H and O–H groups in total. The van der Waals surface area contributed by atoms with E-state index in [9.17, 15) is 14.7 Å². The van der Waals surface area contributed by atoms with Gasteiger partial charge in [-0.3, -0.25) is 9.59 Å². The lowest BCUT2D eigenvalue weighted by atomic mass is 9.79. The van der Waals surface area contributed by atoms with Gasteiger partial charge in [-0.05, 0) is 49.3 Å². The number of carboxylic acid groups (broad SMARTS) is 1. The molecule has 6 nitrogen and oxygen atoms in total. The summed E-state index contributed by atoms with van der Waals surface area (Å²) in [5, 5.41) is 12.8. The molecule has 2 aliphatic rings. The lowest BCUT2D eigenvalue weighted by molar-refractivity contribution is -0.148. The van der Waals surface area contributed by atoms with Crippen LogP contribution in [0.3, 0.4) is 0 Å². The van der Waals surface area contributed by atoms with Gasteiger partial charge in [0.05, 0.1) is 29.2 Å². The molecular formula is C17H18N2O4S. The molecule has 0 aliphatic heterocycles. The molecule has 1 aromatic heterocycles. The summed E-state index contributed by atoms with van der Waals surface area (Å²) in [5.41, 5.74) is 0.791. The van der Waals surface area contributed by atoms with Crippen LogP contribution in [0.1, 0.15) is 19.3 Å². The predicted octanol–water partition coefficient (Wildman–Crippen LogP) is 2.99. The normalized spacial score (nSPS) is 28.2. The number of aromatic nitrogens is 1. The molecule has 0 saturated heterocycles. The van der Waals surface area contributed by atoms with Gasteiger partial charge < -0.3 is 15.2 Å². The number of carbonyl (C=O) groups is 2. The van der Waals surface area contributed by atoms with E-state index in [0.29, 0.717) is 5.13 Å². The number of benzene rings is 1. The number of carbonyl (C=O) groups excluding carboxylic acids is 1. The standard InChI is InChI=1S/C17H18N2O4S/c1-23-10-4-5-11-12(7-10)24-17(18-11)19-15(20)13-8-2-3-9(6-8)14(13)16(21)22/h4-5,7-9,13-14H,2-3,6H2,1H3,(H,21,22)(H,18,19,20)/t8-,9-,13-,14+/m0/s1. The van der Waals surface area contributed by atoms with Crippen LogP contribution in [0.2, 0.25) is 0 Å². The van der Waals surface area contributed by atoms with Crippen LogP contribution in [0.5, 0.6) is 5.75 Å². The van der Waals surface area contributed by atoms with Crippen LogP contribution in [-0.2, 0) is 9.59 Å². The topological polar surface area (TPSA) is 88.5 Å². The molecule has 126 valence electrons. The first-order chi connectivity index (χ1) is 11.6. The molecule has 0 radical (unpaired) electrons. The molecule has 1 heterocycles. The molecule has 2 fully saturated rings. The Morgan fingerprint density at radius 3 is 2.75 bits per heavy atom. The van der Waals surface area contributed by atoms with Gasteiger partial charge in [0.25, 0.3) is 0 Å². The number of thiazole rings is 1. The Labute approximate surface area is 142 Å². The van der Waals surface area contributed by atoms with E-state index in [1.165, 1.54) is 11.3 Å². The molecule has 0 unspecified atom stereocenters. The summed E-state index contributed by atoms with van der Waals surface area (Å²) >= 11 is 1.37. The molecule has 2 aromatic rings. The first kappa shape index (κ1) is 15.4. The number of aliphatic carboxylic acids is 1. The molecule has 4 atom stereocenters. The van der Waals surface area contributed by atoms with Crippen molar-refractivity contribution in [1.29, 1.82) is 0 Å². The fraction of sp³-hybridized carbons (Fsp3) is 0.471. The number of nitrogens with zero attached hydrogens (tertiary/aromatic N) is 1. The van der Waals surface area contributed by atoms with Crippen LogP contribution < -0.4 is 10.1 Å². The number of anilines is 1. The van der Waals surface area contributed by atoms with Gasteiger partial charge in [0.2, 0.25) is 5.91 Å². The van der Waals surface area contributed by atoms with E-state index in [-0.39, 0.29) is 17.7 Å². The fourth-order valence-electron chi connectivity index (χ4n) is 4.30. The second kappa shape index (κ2) is 5.73. The largest absolute Gasteiger partial charge is 0.497 e. The number of nitrogens with one attached hydrogen (secondary N) is 1. The molecule has 2 aliphatic carbocycles. The Morgan fingerprint density at radius 2 is 2.04 bits per heavy atom. The van der Waals surface area contributed by atoms with Gasteiger partial charge in [-0.1, -0.05) is 11.3 Å². The van der Waals surface area contributed by atoms with Crippen molar-refractivity contribution in [2.75, 3.05) is 12.4 Å². The fourth-order valence-corrected chi connectivity index (χ4v) is 5.20. The Balaban J connectivity index is 1.56. The van der Waals surface area contributed by atoms with E-state index in [1.54, 1.807) is 7.11 Å². The number of hydrogen-bond donors (Lipinski definition) is 2. The number of rotatable bonds is 4. The van der Waals surface area contributed by atoms with Crippen LogP contribution in [-0.4, -0.2) is 29.1 Å². The number of amides is 1. The van der Waals surface area contributed by atoms with Crippen molar-refractivity contribution in [2.24, 2.45) is 23.7 Å². The minimum Gasteiger partial charge on any atom is -0.497 e. The average Bonchev–Trinajstić information content (AvgIpc) is 3.26. The summed E-state index contributed by atoms with van der Waals surface area (Å²) < 4.78 is 6.12. The van der Waals surface area contributed by atoms with Gasteiger partial charge >= 0.3 is 5.97 Å². The molecule has 2 saturated carbocycles. The van der Waals surface area contributed by atoms with Crippen molar-refractivity contribution >= 4 is 38.6 Å². The van der Waals surface area contributed by atoms with E-state index < -0.39 is 17.8 Å². The lowest BCUT2D eigenvalue weighted by Crippen LogP contribution is -2.37. The van der Waals surface area contributed by atoms with Crippen LogP contribution in [0.4, 0.5) is 5.13 Å². The minimum atomic E-state index is -0.851. The van der Waals surface area contributed by atoms with E-state index in [4.69, 9.17) is 4.74 Å². The maximum atomic E-state index is 12.7. The first-order valence-electron chi connectivity index (χ1n) is 8.05. The predicted molar refractivity (Wildman–Crippen MR) is 90.2 cm³/mol. The van der Waals surface area contributed by atoms with E-state index in [2.05, 4.69) is 10.3 Å². The minimum absolute atomic E-state index is 0.142. The van der Waals surface area contributed by atoms with Crippen LogP contribution in [0, 0.1) is 23.7 Å². The molecule has 24 heavy (non-hydrogen) atoms. The summed E-state index contributed by atoms with van der Waals surface area (Å²) in [4.78, 5) is 28.7. The smallest absolute Gasteiger partial charge is 0.307 e. The van der Waals surface area contributed by atoms with Gasteiger partial charge in [0.1, 0.15) is 5.75 Å². The Bertz CT molecular complexity index is 818. The summed E-state index contributed by atoms with van der Waals surface area (Å²) in [6.45, 7) is 0. The highest BCUT2D eigenvalue weighted by Crippen LogP contribution is 2.52. The third-order valence-electron chi connectivity index (χ3n) is 5.33. The first-order valence-corrected chi connectivity index (χ1v) is 8.86. The lowest BCUT2D eigenvalue weighted by Gasteiger charge is -2.26. The summed E-state index contributed by atoms with van der Waals surface area (Å²) in [5.74, 6) is -0.991. The highest BCUT2D eigenvalue weighted by molar-refractivity contribution is 7.22. The van der Waals surface area contributed by atoms with Gasteiger partial charge in [-0.25, -0.2) is 4.98 Å². The summed E-state index contributed by atoms with van der Waals surface area (Å²) in [7, 11) is 1.60. The van der Waals surface area contributed by atoms with E-state index in [0.717, 1.165) is 35.2 Å². The molecule has 2 bridgehead atoms. The molecule has 4 rings (SSSR count). The van der Waals surface area contributed by atoms with Crippen LogP contribution in [0.15, 0.2) is 18.2 Å². The number of ether oxygens (including phenoxy) is 1. The maximum Gasteiger partial charge on any atom is 0.307 e. The van der Waals surface area contributed by atoms with Crippen LogP contribution in [0.25, 0.3) is 10.2 Å². The molecule has 1 aromatic carbocycles. The van der Waals surface area contributed by atoms with Crippen molar-refractivity contribution < 1.29 is 19.4 Å². The van der Waals surface area contributed by atoms with Gasteiger partial charge in [0.15, 0.2) is 5.13 Å². The van der Waals surface area contributed by atoms with Gasteiger partial charge in [-0.2, -0.15) is 0 Å². The van der Waals surface area contributed by atoms with Crippen LogP contribution >= 0.6 is 11.3 Å². The number of carboxylic acids is 1. The Hall–Kier alpha value is -2.15. The third kappa shape index (κ3) is 2.43. The monoisotopic (exact) mass is 346 g/mol. The molecular weight excluding hydrogens is 328 g/mol. The Morgan fingerprint density at radius 1 is 1.29 bits per heavy atom. The number of hydrogen-bond acceptors (Lipinski definition) is 5. The van der Waals surface area contributed by atoms with E-state index in [1.807, 2.05) is 18.2 Å². The third-order valence-corrected chi connectivity index (χ3v) is 6.26. The SMILES string of the molecule is COc1ccc2nc(NC(=O)[C@H]3[C@H]4CC[C@@H](C4)[C@H]3C(=O)O)sc2c1. The number of methoxy groups -OCH3 is 1. The highest BCUT2D eigenvalue weighted by Gasteiger charge is 2.54. The zero-order chi connectivity index (χ0) is 16.8. The average molecular weight is 346 g/mol. The zero-order valence-corrected chi connectivity index (χ0v) is 14.0. The number of fused-ring (bicyclic) bond motifs is 3. The second-order valence-electron chi connectivity index (χ2n) is 6.56. The Kier molecular flexibility index (Phi) is 3.68. The van der Waals surface area contributed by atoms with Crippen molar-refractivity contribution in [3.8, 4) is 5.75 Å². The van der Waals surface area contributed by atoms with Crippen molar-refractivity contribution in [1.82, 2.24) is 4.98 Å². The molecule has 0 spiro atoms. The van der Waals surface area contributed by atoms with Gasteiger partial charge in [-0.15, -0.1) is 0 Å². The van der Waals surface area contributed by atoms with Crippen molar-refractivity contribution in [3.63, 3.8) is 0 Å². The quantitative estimate of drug-likeness (QED) is 0.888. The summed E-state index contributed by atoms with van der Waals surface area (Å²) in [6.07, 6.45) is 2.72.